The summed E-state index contributed by atoms with van der Waals surface area (Å²) in [7, 11) is 0. The molecule has 0 unspecified atom stereocenters. The summed E-state index contributed by atoms with van der Waals surface area (Å²) >= 11 is 1.09. The molecule has 2 rings (SSSR count). The van der Waals surface area contributed by atoms with Crippen molar-refractivity contribution in [3.8, 4) is 0 Å². The molecule has 1 amide bonds. The molecule has 0 saturated heterocycles. The molecule has 0 aliphatic heterocycles. The summed E-state index contributed by atoms with van der Waals surface area (Å²) < 4.78 is 4.01. The van der Waals surface area contributed by atoms with E-state index in [1.807, 2.05) is 0 Å². The second-order valence-electron chi connectivity index (χ2n) is 4.91. The van der Waals surface area contributed by atoms with Gasteiger partial charge in [-0.2, -0.15) is 4.37 Å². The lowest BCUT2D eigenvalue weighted by molar-refractivity contribution is -0.108. The molecule has 128 valence electrons. The van der Waals surface area contributed by atoms with Gasteiger partial charge in [0.15, 0.2) is 17.3 Å². The van der Waals surface area contributed by atoms with Crippen LogP contribution < -0.4 is 21.9 Å². The third-order valence-electron chi connectivity index (χ3n) is 3.13. The summed E-state index contributed by atoms with van der Waals surface area (Å²) in [6.07, 6.45) is 2.27. The molecule has 6 N–H and O–H groups in total. The van der Waals surface area contributed by atoms with E-state index >= 15 is 0 Å². The Morgan fingerprint density at radius 3 is 2.92 bits per heavy atom. The predicted octanol–water partition coefficient (Wildman–Crippen LogP) is -0.0745. The number of hydrazine groups is 1. The van der Waals surface area contributed by atoms with Gasteiger partial charge in [-0.15, -0.1) is 0 Å². The van der Waals surface area contributed by atoms with Gasteiger partial charge >= 0.3 is 0 Å². The average molecular weight is 351 g/mol. The number of anilines is 3. The van der Waals surface area contributed by atoms with Crippen molar-refractivity contribution < 1.29 is 14.7 Å². The summed E-state index contributed by atoms with van der Waals surface area (Å²) in [6, 6.07) is 1.31. The molecule has 1 atom stereocenters. The van der Waals surface area contributed by atoms with Gasteiger partial charge in [-0.25, -0.2) is 15.8 Å². The van der Waals surface area contributed by atoms with E-state index < -0.39 is 5.91 Å². The smallest absolute Gasteiger partial charge is 0.271 e. The first-order chi connectivity index (χ1) is 11.5. The van der Waals surface area contributed by atoms with Gasteiger partial charge in [0.25, 0.3) is 5.91 Å². The minimum atomic E-state index is -0.757. The Hall–Kier alpha value is -2.63. The van der Waals surface area contributed by atoms with E-state index in [4.69, 9.17) is 16.7 Å². The van der Waals surface area contributed by atoms with Gasteiger partial charge in [0, 0.05) is 6.42 Å². The topological polar surface area (TPSA) is 160 Å². The number of carbonyl (C=O) groups is 2. The first-order valence-electron chi connectivity index (χ1n) is 6.94. The Bertz CT molecular complexity index is 736. The molecule has 11 heteroatoms. The van der Waals surface area contributed by atoms with Crippen LogP contribution in [0.5, 0.6) is 0 Å². The second-order valence-corrected chi connectivity index (χ2v) is 5.72. The summed E-state index contributed by atoms with van der Waals surface area (Å²) in [6.45, 7) is 1.55. The van der Waals surface area contributed by atoms with Gasteiger partial charge < -0.3 is 21.0 Å². The van der Waals surface area contributed by atoms with Crippen LogP contribution in [0.25, 0.3) is 0 Å². The number of hydrogen-bond donors (Lipinski definition) is 4. The molecule has 0 radical (unpaired) electrons. The number of primary amides is 1. The highest BCUT2D eigenvalue weighted by molar-refractivity contribution is 7.10. The van der Waals surface area contributed by atoms with Crippen LogP contribution in [-0.2, 0) is 11.4 Å². The molecule has 0 saturated carbocycles. The molecule has 10 nitrogen and oxygen atoms in total. The van der Waals surface area contributed by atoms with Gasteiger partial charge in [0.05, 0.1) is 24.5 Å². The molecular weight excluding hydrogens is 334 g/mol. The van der Waals surface area contributed by atoms with Crippen molar-refractivity contribution in [2.45, 2.75) is 26.0 Å². The van der Waals surface area contributed by atoms with Crippen molar-refractivity contribution in [3.63, 3.8) is 0 Å². The molecule has 0 aliphatic rings. The van der Waals surface area contributed by atoms with Crippen LogP contribution in [0.2, 0.25) is 0 Å². The highest BCUT2D eigenvalue weighted by Gasteiger charge is 2.18. The van der Waals surface area contributed by atoms with Crippen molar-refractivity contribution in [3.05, 3.63) is 23.7 Å². The first-order valence-corrected chi connectivity index (χ1v) is 7.71. The van der Waals surface area contributed by atoms with Gasteiger partial charge in [-0.1, -0.05) is 0 Å². The van der Waals surface area contributed by atoms with Gasteiger partial charge in [-0.05, 0) is 24.5 Å². The maximum atomic E-state index is 11.5. The normalized spacial score (nSPS) is 11.8. The molecule has 2 aromatic heterocycles. The van der Waals surface area contributed by atoms with E-state index in [0.717, 1.165) is 17.8 Å². The number of amides is 1. The molecule has 0 spiro atoms. The third-order valence-corrected chi connectivity index (χ3v) is 3.87. The SMILES string of the molecule is C[C@H](CC=O)N(N)c1cnc(C(N)=O)c(Nc2cc(CO)ns2)n1. The number of nitrogens with zero attached hydrogens (tertiary/aromatic N) is 4. The van der Waals surface area contributed by atoms with E-state index in [0.29, 0.717) is 10.7 Å². The second kappa shape index (κ2) is 7.77. The summed E-state index contributed by atoms with van der Waals surface area (Å²) in [4.78, 5) is 30.4. The number of aliphatic hydroxyl groups excluding tert-OH is 1. The predicted molar refractivity (Wildman–Crippen MR) is 88.7 cm³/mol. The van der Waals surface area contributed by atoms with Gasteiger partial charge in [0.2, 0.25) is 0 Å². The Kier molecular flexibility index (Phi) is 5.73. The highest BCUT2D eigenvalue weighted by Crippen LogP contribution is 2.24. The van der Waals surface area contributed by atoms with Crippen molar-refractivity contribution in [1.29, 1.82) is 0 Å². The number of aromatic nitrogens is 3. The lowest BCUT2D eigenvalue weighted by atomic mass is 10.2. The Balaban J connectivity index is 2.33. The molecule has 2 heterocycles. The molecule has 24 heavy (non-hydrogen) atoms. The number of nitrogens with one attached hydrogen (secondary N) is 1. The van der Waals surface area contributed by atoms with Crippen LogP contribution in [-0.4, -0.2) is 37.7 Å². The minimum absolute atomic E-state index is 0.0610. The van der Waals surface area contributed by atoms with Crippen molar-refractivity contribution in [2.75, 3.05) is 10.3 Å². The summed E-state index contributed by atoms with van der Waals surface area (Å²) in [5.74, 6) is 5.55. The number of carbonyl (C=O) groups excluding carboxylic acids is 2. The number of nitrogens with two attached hydrogens (primary N) is 2. The number of aliphatic hydroxyl groups is 1. The van der Waals surface area contributed by atoms with E-state index in [1.54, 1.807) is 13.0 Å². The first kappa shape index (κ1) is 17.7. The van der Waals surface area contributed by atoms with Crippen LogP contribution in [0.15, 0.2) is 12.3 Å². The van der Waals surface area contributed by atoms with Crippen molar-refractivity contribution in [2.24, 2.45) is 11.6 Å². The molecule has 2 aromatic rings. The monoisotopic (exact) mass is 351 g/mol. The molecule has 0 bridgehead atoms. The summed E-state index contributed by atoms with van der Waals surface area (Å²) in [5.41, 5.74) is 5.73. The highest BCUT2D eigenvalue weighted by atomic mass is 32.1. The molecule has 0 fully saturated rings. The minimum Gasteiger partial charge on any atom is -0.390 e. The van der Waals surface area contributed by atoms with Crippen molar-refractivity contribution in [1.82, 2.24) is 14.3 Å². The fraction of sp³-hybridized carbons (Fsp3) is 0.308. The average Bonchev–Trinajstić information content (AvgIpc) is 3.01. The fourth-order valence-corrected chi connectivity index (χ4v) is 2.47. The zero-order valence-corrected chi connectivity index (χ0v) is 13.7. The Labute approximate surface area is 141 Å². The maximum absolute atomic E-state index is 11.5. The number of aldehydes is 1. The van der Waals surface area contributed by atoms with E-state index in [-0.39, 0.29) is 36.4 Å². The van der Waals surface area contributed by atoms with Crippen LogP contribution in [0, 0.1) is 0 Å². The molecular formula is C13H17N7O3S. The van der Waals surface area contributed by atoms with Gasteiger partial charge in [0.1, 0.15) is 11.3 Å². The van der Waals surface area contributed by atoms with Crippen LogP contribution in [0.3, 0.4) is 0 Å². The zero-order chi connectivity index (χ0) is 17.7. The maximum Gasteiger partial charge on any atom is 0.271 e. The van der Waals surface area contributed by atoms with Crippen LogP contribution >= 0.6 is 11.5 Å². The molecule has 0 aliphatic carbocycles. The fourth-order valence-electron chi connectivity index (χ4n) is 1.81. The number of hydrogen-bond acceptors (Lipinski definition) is 10. The lowest BCUT2D eigenvalue weighted by Gasteiger charge is -2.23. The standard InChI is InChI=1S/C13H17N7O3S/c1-7(2-3-21)20(15)9-5-16-11(12(14)23)13(17-9)18-10-4-8(6-22)19-24-10/h3-5,7,22H,2,6,15H2,1H3,(H2,14,23)(H,17,18)/t7-/m1/s1. The zero-order valence-electron chi connectivity index (χ0n) is 12.8. The van der Waals surface area contributed by atoms with Crippen molar-refractivity contribution >= 4 is 40.4 Å². The lowest BCUT2D eigenvalue weighted by Crippen LogP contribution is -2.40. The Morgan fingerprint density at radius 1 is 1.58 bits per heavy atom. The van der Waals surface area contributed by atoms with E-state index in [1.165, 1.54) is 11.2 Å². The van der Waals surface area contributed by atoms with E-state index in [9.17, 15) is 9.59 Å². The summed E-state index contributed by atoms with van der Waals surface area (Å²) in [5, 5.41) is 13.8. The largest absolute Gasteiger partial charge is 0.390 e. The van der Waals surface area contributed by atoms with Crippen LogP contribution in [0.1, 0.15) is 29.5 Å². The van der Waals surface area contributed by atoms with E-state index in [2.05, 4.69) is 19.7 Å². The van der Waals surface area contributed by atoms with Crippen LogP contribution in [0.4, 0.5) is 16.6 Å². The number of rotatable bonds is 8. The molecule has 0 aromatic carbocycles. The quantitative estimate of drug-likeness (QED) is 0.290. The van der Waals surface area contributed by atoms with Gasteiger partial charge in [-0.3, -0.25) is 9.80 Å². The Morgan fingerprint density at radius 2 is 2.33 bits per heavy atom. The third kappa shape index (κ3) is 4.01.